The largest absolute Gasteiger partial charge is 0.481 e. The molecule has 0 N–H and O–H groups in total. The van der Waals surface area contributed by atoms with Gasteiger partial charge in [-0.2, -0.15) is 4.31 Å². The second-order valence-corrected chi connectivity index (χ2v) is 12.2. The van der Waals surface area contributed by atoms with Gasteiger partial charge in [0.05, 0.1) is 25.5 Å². The van der Waals surface area contributed by atoms with Gasteiger partial charge in [0.1, 0.15) is 4.90 Å². The van der Waals surface area contributed by atoms with E-state index >= 15 is 0 Å². The van der Waals surface area contributed by atoms with E-state index in [2.05, 4.69) is 9.88 Å². The molecule has 0 atom stereocenters. The monoisotopic (exact) mass is 534 g/mol. The van der Waals surface area contributed by atoms with E-state index in [4.69, 9.17) is 16.3 Å². The first-order chi connectivity index (χ1) is 16.8. The number of rotatable bonds is 6. The number of nitrogens with zero attached hydrogens (tertiary/aromatic N) is 4. The molecule has 186 valence electrons. The second kappa shape index (κ2) is 9.93. The van der Waals surface area contributed by atoms with Crippen LogP contribution in [-0.4, -0.2) is 74.9 Å². The molecule has 4 heterocycles. The van der Waals surface area contributed by atoms with Crippen molar-refractivity contribution in [3.05, 3.63) is 46.9 Å². The number of aromatic nitrogens is 1. The minimum atomic E-state index is -3.76. The van der Waals surface area contributed by atoms with Crippen LogP contribution in [0.5, 0.6) is 5.88 Å². The van der Waals surface area contributed by atoms with Crippen LogP contribution in [0, 0.1) is 5.92 Å². The number of thiophene rings is 1. The molecule has 0 bridgehead atoms. The van der Waals surface area contributed by atoms with Crippen molar-refractivity contribution in [2.24, 2.45) is 5.92 Å². The molecule has 2 aliphatic rings. The minimum absolute atomic E-state index is 0.121. The minimum Gasteiger partial charge on any atom is -0.481 e. The van der Waals surface area contributed by atoms with Gasteiger partial charge in [-0.15, -0.1) is 11.3 Å². The Morgan fingerprint density at radius 2 is 1.94 bits per heavy atom. The van der Waals surface area contributed by atoms with Gasteiger partial charge in [-0.1, -0.05) is 17.7 Å². The van der Waals surface area contributed by atoms with Gasteiger partial charge in [-0.05, 0) is 37.0 Å². The number of carbonyl (C=O) groups excluding carboxylic acids is 1. The van der Waals surface area contributed by atoms with E-state index < -0.39 is 10.0 Å². The normalized spacial score (nSPS) is 18.4. The van der Waals surface area contributed by atoms with Gasteiger partial charge in [0, 0.05) is 59.3 Å². The van der Waals surface area contributed by atoms with Crippen LogP contribution in [0.1, 0.15) is 12.8 Å². The maximum Gasteiger partial charge on any atom is 0.245 e. The van der Waals surface area contributed by atoms with Crippen LogP contribution in [0.3, 0.4) is 0 Å². The number of ether oxygens (including phenoxy) is 1. The number of piperidine rings is 1. The fraction of sp³-hybridized carbons (Fsp3) is 0.417. The molecule has 5 rings (SSSR count). The Balaban J connectivity index is 1.18. The Morgan fingerprint density at radius 1 is 1.14 bits per heavy atom. The summed E-state index contributed by atoms with van der Waals surface area (Å²) in [5, 5.41) is 2.85. The summed E-state index contributed by atoms with van der Waals surface area (Å²) in [5.41, 5.74) is 1.07. The van der Waals surface area contributed by atoms with E-state index in [0.29, 0.717) is 41.8 Å². The molecule has 3 aromatic rings. The third kappa shape index (κ3) is 4.97. The van der Waals surface area contributed by atoms with E-state index in [1.165, 1.54) is 15.6 Å². The van der Waals surface area contributed by atoms with E-state index in [1.807, 2.05) is 23.2 Å². The van der Waals surface area contributed by atoms with Crippen LogP contribution in [-0.2, 0) is 14.8 Å². The summed E-state index contributed by atoms with van der Waals surface area (Å²) in [5.74, 6) is 0.860. The molecule has 0 radical (unpaired) electrons. The molecule has 0 saturated carbocycles. The first kappa shape index (κ1) is 24.3. The Kier molecular flexibility index (Phi) is 6.89. The molecule has 2 aliphatic heterocycles. The van der Waals surface area contributed by atoms with Crippen molar-refractivity contribution in [2.75, 3.05) is 51.3 Å². The fourth-order valence-electron chi connectivity index (χ4n) is 4.77. The molecule has 11 heteroatoms. The van der Waals surface area contributed by atoms with Crippen LogP contribution >= 0.6 is 22.9 Å². The maximum absolute atomic E-state index is 13.3. The van der Waals surface area contributed by atoms with E-state index in [-0.39, 0.29) is 17.3 Å². The summed E-state index contributed by atoms with van der Waals surface area (Å²) in [6.07, 6.45) is 3.77. The summed E-state index contributed by atoms with van der Waals surface area (Å²) in [7, 11) is -2.16. The third-order valence-electron chi connectivity index (χ3n) is 6.79. The van der Waals surface area contributed by atoms with Crippen molar-refractivity contribution in [3.63, 3.8) is 0 Å². The summed E-state index contributed by atoms with van der Waals surface area (Å²) in [6, 6.07) is 9.06. The van der Waals surface area contributed by atoms with E-state index in [1.54, 1.807) is 30.7 Å². The van der Waals surface area contributed by atoms with Crippen LogP contribution < -0.4 is 9.64 Å². The van der Waals surface area contributed by atoms with Crippen molar-refractivity contribution in [1.82, 2.24) is 14.2 Å². The van der Waals surface area contributed by atoms with Gasteiger partial charge in [0.2, 0.25) is 21.8 Å². The van der Waals surface area contributed by atoms with Gasteiger partial charge in [0.25, 0.3) is 0 Å². The number of sulfonamides is 1. The Bertz CT molecular complexity index is 1320. The number of piperazine rings is 1. The molecule has 0 unspecified atom stereocenters. The number of anilines is 1. The lowest BCUT2D eigenvalue weighted by molar-refractivity contribution is -0.134. The number of amides is 1. The Morgan fingerprint density at radius 3 is 2.63 bits per heavy atom. The molecule has 2 saturated heterocycles. The maximum atomic E-state index is 13.3. The van der Waals surface area contributed by atoms with Gasteiger partial charge in [-0.3, -0.25) is 4.79 Å². The van der Waals surface area contributed by atoms with Gasteiger partial charge in [0.15, 0.2) is 0 Å². The lowest BCUT2D eigenvalue weighted by Crippen LogP contribution is -2.53. The molecule has 0 spiro atoms. The number of carbonyl (C=O) groups is 1. The lowest BCUT2D eigenvalue weighted by Gasteiger charge is -2.38. The highest BCUT2D eigenvalue weighted by molar-refractivity contribution is 7.89. The zero-order valence-electron chi connectivity index (χ0n) is 19.4. The number of hydrogen-bond acceptors (Lipinski definition) is 7. The summed E-state index contributed by atoms with van der Waals surface area (Å²) >= 11 is 7.39. The molecule has 2 aromatic heterocycles. The summed E-state index contributed by atoms with van der Waals surface area (Å²) in [6.45, 7) is 3.06. The average molecular weight is 535 g/mol. The highest BCUT2D eigenvalue weighted by Gasteiger charge is 2.35. The summed E-state index contributed by atoms with van der Waals surface area (Å²) < 4.78 is 33.9. The first-order valence-electron chi connectivity index (χ1n) is 11.5. The van der Waals surface area contributed by atoms with E-state index in [9.17, 15) is 13.2 Å². The number of benzene rings is 1. The number of fused-ring (bicyclic) bond motifs is 1. The smallest absolute Gasteiger partial charge is 0.245 e. The highest BCUT2D eigenvalue weighted by Crippen LogP contribution is 2.34. The molecular weight excluding hydrogens is 508 g/mol. The average Bonchev–Trinajstić information content (AvgIpc) is 3.29. The van der Waals surface area contributed by atoms with Crippen molar-refractivity contribution < 1.29 is 17.9 Å². The number of pyridine rings is 1. The number of hydrogen-bond donors (Lipinski definition) is 0. The number of methoxy groups -OCH3 is 1. The van der Waals surface area contributed by atoms with E-state index in [0.717, 1.165) is 36.3 Å². The molecule has 2 fully saturated rings. The predicted molar refractivity (Wildman–Crippen MR) is 138 cm³/mol. The zero-order chi connectivity index (χ0) is 24.6. The standard InChI is InChI=1S/C24H27ClN4O4S2/c1-33-23-5-3-19(13-26-23)27-8-6-17(7-9-27)14-28-10-11-29(15-24(28)30)35(31,32)22-16-34-21-12-18(25)2-4-20(21)22/h2-5,12-13,16-17H,6-11,14-15H2,1H3. The molecule has 1 amide bonds. The van der Waals surface area contributed by atoms with Crippen LogP contribution in [0.25, 0.3) is 10.1 Å². The quantitative estimate of drug-likeness (QED) is 0.479. The van der Waals surface area contributed by atoms with Crippen molar-refractivity contribution in [1.29, 1.82) is 0 Å². The zero-order valence-corrected chi connectivity index (χ0v) is 21.8. The topological polar surface area (TPSA) is 83.0 Å². The van der Waals surface area contributed by atoms with Gasteiger partial charge in [-0.25, -0.2) is 13.4 Å². The SMILES string of the molecule is COc1ccc(N2CCC(CN3CCN(S(=O)(=O)c4csc5cc(Cl)ccc45)CC3=O)CC2)cn1. The third-order valence-corrected chi connectivity index (χ3v) is 10.0. The number of halogens is 1. The summed E-state index contributed by atoms with van der Waals surface area (Å²) in [4.78, 5) is 21.6. The van der Waals surface area contributed by atoms with Gasteiger partial charge >= 0.3 is 0 Å². The predicted octanol–water partition coefficient (Wildman–Crippen LogP) is 3.71. The highest BCUT2D eigenvalue weighted by atomic mass is 35.5. The molecule has 35 heavy (non-hydrogen) atoms. The van der Waals surface area contributed by atoms with Crippen molar-refractivity contribution in [2.45, 2.75) is 17.7 Å². The molecule has 0 aliphatic carbocycles. The fourth-order valence-corrected chi connectivity index (χ4v) is 7.90. The molecular formula is C24H27ClN4O4S2. The van der Waals surface area contributed by atoms with Crippen molar-refractivity contribution >= 4 is 54.6 Å². The lowest BCUT2D eigenvalue weighted by atomic mass is 9.95. The van der Waals surface area contributed by atoms with Crippen LogP contribution in [0.15, 0.2) is 46.8 Å². The van der Waals surface area contributed by atoms with Crippen LogP contribution in [0.2, 0.25) is 5.02 Å². The van der Waals surface area contributed by atoms with Gasteiger partial charge < -0.3 is 14.5 Å². The second-order valence-electron chi connectivity index (χ2n) is 8.91. The molecule has 1 aromatic carbocycles. The first-order valence-corrected chi connectivity index (χ1v) is 14.2. The van der Waals surface area contributed by atoms with Crippen LogP contribution in [0.4, 0.5) is 5.69 Å². The Labute approximate surface area is 214 Å². The molecule has 8 nitrogen and oxygen atoms in total. The Hall–Kier alpha value is -2.40. The van der Waals surface area contributed by atoms with Crippen molar-refractivity contribution in [3.8, 4) is 5.88 Å².